The highest BCUT2D eigenvalue weighted by molar-refractivity contribution is 5.38. The molecule has 0 aliphatic carbocycles. The second kappa shape index (κ2) is 8.92. The lowest BCUT2D eigenvalue weighted by Gasteiger charge is -2.21. The molecule has 25 heavy (non-hydrogen) atoms. The summed E-state index contributed by atoms with van der Waals surface area (Å²) in [5, 5.41) is 12.8. The van der Waals surface area contributed by atoms with Crippen LogP contribution in [0.1, 0.15) is 50.2 Å². The van der Waals surface area contributed by atoms with E-state index in [1.54, 1.807) is 7.11 Å². The first-order valence-electron chi connectivity index (χ1n) is 8.71. The van der Waals surface area contributed by atoms with Crippen LogP contribution in [0.25, 0.3) is 0 Å². The van der Waals surface area contributed by atoms with Gasteiger partial charge in [-0.2, -0.15) is 0 Å². The Morgan fingerprint density at radius 3 is 2.48 bits per heavy atom. The van der Waals surface area contributed by atoms with E-state index in [1.807, 2.05) is 24.3 Å². The normalized spacial score (nSPS) is 12.8. The number of rotatable bonds is 8. The maximum atomic E-state index is 9.39. The van der Waals surface area contributed by atoms with Crippen LogP contribution in [0.15, 0.2) is 36.4 Å². The second-order valence-corrected chi connectivity index (χ2v) is 7.25. The molecule has 0 aliphatic rings. The second-order valence-electron chi connectivity index (χ2n) is 7.25. The summed E-state index contributed by atoms with van der Waals surface area (Å²) in [7, 11) is 1.67. The van der Waals surface area contributed by atoms with Crippen LogP contribution in [0.3, 0.4) is 0 Å². The molecule has 0 aliphatic heterocycles. The van der Waals surface area contributed by atoms with Gasteiger partial charge in [0.2, 0.25) is 0 Å². The van der Waals surface area contributed by atoms with Crippen LogP contribution >= 0.6 is 0 Å². The van der Waals surface area contributed by atoms with E-state index < -0.39 is 0 Å². The lowest BCUT2D eigenvalue weighted by atomic mass is 9.95. The number of nitrogens with one attached hydrogen (secondary N) is 1. The van der Waals surface area contributed by atoms with Crippen LogP contribution in [-0.4, -0.2) is 35.3 Å². The predicted molar refractivity (Wildman–Crippen MR) is 101 cm³/mol. The highest BCUT2D eigenvalue weighted by Crippen LogP contribution is 2.23. The van der Waals surface area contributed by atoms with E-state index in [2.05, 4.69) is 48.2 Å². The number of nitrogens with zero attached hydrogens (tertiary/aromatic N) is 2. The number of aliphatic hydroxyl groups is 1. The molecule has 1 atom stereocenters. The molecule has 5 nitrogen and oxygen atoms in total. The Morgan fingerprint density at radius 1 is 1.16 bits per heavy atom. The summed E-state index contributed by atoms with van der Waals surface area (Å²) in [6, 6.07) is 12.2. The Hall–Kier alpha value is -1.98. The third-order valence-electron chi connectivity index (χ3n) is 4.02. The van der Waals surface area contributed by atoms with E-state index in [0.29, 0.717) is 19.6 Å². The number of methoxy groups -OCH3 is 1. The molecule has 1 aromatic heterocycles. The van der Waals surface area contributed by atoms with Crippen molar-refractivity contribution >= 4 is 5.82 Å². The zero-order chi connectivity index (χ0) is 18.3. The topological polar surface area (TPSA) is 67.3 Å². The molecular formula is C20H29N3O2. The molecule has 2 N–H and O–H groups in total. The van der Waals surface area contributed by atoms with E-state index in [9.17, 15) is 5.11 Å². The van der Waals surface area contributed by atoms with Gasteiger partial charge in [-0.15, -0.1) is 0 Å². The molecule has 2 aromatic rings. The number of ether oxygens (including phenoxy) is 1. The molecule has 0 saturated heterocycles. The summed E-state index contributed by atoms with van der Waals surface area (Å²) in [6.45, 7) is 7.62. The number of anilines is 1. The molecule has 136 valence electrons. The quantitative estimate of drug-likeness (QED) is 0.768. The summed E-state index contributed by atoms with van der Waals surface area (Å²) in [4.78, 5) is 9.27. The molecule has 0 bridgehead atoms. The Bertz CT molecular complexity index is 654. The van der Waals surface area contributed by atoms with Gasteiger partial charge in [-0.05, 0) is 12.0 Å². The summed E-state index contributed by atoms with van der Waals surface area (Å²) in [6.07, 6.45) is 0.707. The zero-order valence-corrected chi connectivity index (χ0v) is 15.6. The van der Waals surface area contributed by atoms with Gasteiger partial charge in [-0.1, -0.05) is 51.1 Å². The molecule has 0 radical (unpaired) electrons. The van der Waals surface area contributed by atoms with Gasteiger partial charge in [0.25, 0.3) is 0 Å². The van der Waals surface area contributed by atoms with E-state index in [1.165, 1.54) is 5.56 Å². The summed E-state index contributed by atoms with van der Waals surface area (Å²) in [5.74, 6) is 1.82. The molecule has 2 rings (SSSR count). The third kappa shape index (κ3) is 5.80. The van der Waals surface area contributed by atoms with Crippen LogP contribution in [0.5, 0.6) is 0 Å². The van der Waals surface area contributed by atoms with Gasteiger partial charge in [0.15, 0.2) is 0 Å². The van der Waals surface area contributed by atoms with E-state index in [-0.39, 0.29) is 17.9 Å². The first-order chi connectivity index (χ1) is 11.9. The fourth-order valence-corrected chi connectivity index (χ4v) is 2.64. The van der Waals surface area contributed by atoms with Crippen molar-refractivity contribution in [1.82, 2.24) is 9.97 Å². The lowest BCUT2D eigenvalue weighted by molar-refractivity contribution is 0.181. The molecule has 0 amide bonds. The number of hydrogen-bond donors (Lipinski definition) is 2. The van der Waals surface area contributed by atoms with Gasteiger partial charge in [0.05, 0.1) is 12.3 Å². The Labute approximate surface area is 150 Å². The van der Waals surface area contributed by atoms with E-state index in [0.717, 1.165) is 17.3 Å². The van der Waals surface area contributed by atoms with Crippen LogP contribution in [0.2, 0.25) is 0 Å². The number of benzene rings is 1. The lowest BCUT2D eigenvalue weighted by Crippen LogP contribution is -2.20. The standard InChI is InChI=1S/C20H29N3O2/c1-20(2,3)19-22-17(14-25-4)12-18(23-19)21-13-16(10-11-24)15-8-6-5-7-9-15/h5-9,12,16,24H,10-11,13-14H2,1-4H3,(H,21,22,23). The maximum absolute atomic E-state index is 9.39. The van der Waals surface area contributed by atoms with Gasteiger partial charge in [-0.3, -0.25) is 0 Å². The van der Waals surface area contributed by atoms with Crippen LogP contribution in [0, 0.1) is 0 Å². The van der Waals surface area contributed by atoms with Crippen LogP contribution < -0.4 is 5.32 Å². The minimum Gasteiger partial charge on any atom is -0.396 e. The van der Waals surface area contributed by atoms with Crippen molar-refractivity contribution in [2.24, 2.45) is 0 Å². The van der Waals surface area contributed by atoms with Crippen LogP contribution in [0.4, 0.5) is 5.82 Å². The van der Waals surface area contributed by atoms with Crippen molar-refractivity contribution in [3.05, 3.63) is 53.5 Å². The first kappa shape index (κ1) is 19.3. The first-order valence-corrected chi connectivity index (χ1v) is 8.71. The van der Waals surface area contributed by atoms with Gasteiger partial charge < -0.3 is 15.2 Å². The van der Waals surface area contributed by atoms with Gasteiger partial charge in [-0.25, -0.2) is 9.97 Å². The average molecular weight is 343 g/mol. The molecule has 1 unspecified atom stereocenters. The third-order valence-corrected chi connectivity index (χ3v) is 4.02. The molecule has 0 saturated carbocycles. The van der Waals surface area contributed by atoms with Crippen molar-refractivity contribution in [1.29, 1.82) is 0 Å². The molecule has 5 heteroatoms. The molecular weight excluding hydrogens is 314 g/mol. The Kier molecular flexibility index (Phi) is 6.91. The average Bonchev–Trinajstić information content (AvgIpc) is 2.59. The Balaban J connectivity index is 2.18. The number of aromatic nitrogens is 2. The predicted octanol–water partition coefficient (Wildman–Crippen LogP) is 3.50. The SMILES string of the molecule is COCc1cc(NCC(CCO)c2ccccc2)nc(C(C)(C)C)n1. The highest BCUT2D eigenvalue weighted by Gasteiger charge is 2.19. The highest BCUT2D eigenvalue weighted by atomic mass is 16.5. The van der Waals surface area contributed by atoms with Crippen molar-refractivity contribution in [2.45, 2.75) is 45.1 Å². The monoisotopic (exact) mass is 343 g/mol. The fourth-order valence-electron chi connectivity index (χ4n) is 2.64. The molecule has 1 heterocycles. The fraction of sp³-hybridized carbons (Fsp3) is 0.500. The van der Waals surface area contributed by atoms with Crippen LogP contribution in [-0.2, 0) is 16.8 Å². The van der Waals surface area contributed by atoms with E-state index >= 15 is 0 Å². The summed E-state index contributed by atoms with van der Waals surface area (Å²) >= 11 is 0. The van der Waals surface area contributed by atoms with Gasteiger partial charge in [0, 0.05) is 37.7 Å². The largest absolute Gasteiger partial charge is 0.396 e. The molecule has 0 fully saturated rings. The summed E-state index contributed by atoms with van der Waals surface area (Å²) in [5.41, 5.74) is 1.94. The minimum absolute atomic E-state index is 0.135. The maximum Gasteiger partial charge on any atom is 0.136 e. The van der Waals surface area contributed by atoms with Crippen molar-refractivity contribution in [2.75, 3.05) is 25.6 Å². The molecule has 0 spiro atoms. The smallest absolute Gasteiger partial charge is 0.136 e. The Morgan fingerprint density at radius 2 is 1.88 bits per heavy atom. The minimum atomic E-state index is -0.135. The van der Waals surface area contributed by atoms with Crippen molar-refractivity contribution in [3.8, 4) is 0 Å². The number of aliphatic hydroxyl groups excluding tert-OH is 1. The number of hydrogen-bond acceptors (Lipinski definition) is 5. The zero-order valence-electron chi connectivity index (χ0n) is 15.6. The van der Waals surface area contributed by atoms with Gasteiger partial charge in [0.1, 0.15) is 11.6 Å². The van der Waals surface area contributed by atoms with E-state index in [4.69, 9.17) is 4.74 Å². The summed E-state index contributed by atoms with van der Waals surface area (Å²) < 4.78 is 5.23. The molecule has 1 aromatic carbocycles. The van der Waals surface area contributed by atoms with Crippen molar-refractivity contribution in [3.63, 3.8) is 0 Å². The van der Waals surface area contributed by atoms with Gasteiger partial charge >= 0.3 is 0 Å². The van der Waals surface area contributed by atoms with Crippen molar-refractivity contribution < 1.29 is 9.84 Å².